The van der Waals surface area contributed by atoms with Gasteiger partial charge in [-0.1, -0.05) is 11.6 Å². The number of nitrogens with one attached hydrogen (secondary N) is 1. The van der Waals surface area contributed by atoms with Crippen molar-refractivity contribution >= 4 is 11.6 Å². The largest absolute Gasteiger partial charge is 0.316 e. The quantitative estimate of drug-likeness (QED) is 0.833. The van der Waals surface area contributed by atoms with E-state index in [1.165, 1.54) is 12.8 Å². The molecule has 1 aromatic rings. The highest BCUT2D eigenvalue weighted by Crippen LogP contribution is 2.13. The monoisotopic (exact) mass is 254 g/mol. The maximum atomic E-state index is 5.94. The molecule has 1 N–H and O–H groups in total. The van der Waals surface area contributed by atoms with Gasteiger partial charge in [0.1, 0.15) is 11.0 Å². The van der Waals surface area contributed by atoms with E-state index in [1.54, 1.807) is 6.07 Å². The van der Waals surface area contributed by atoms with Crippen LogP contribution in [0.15, 0.2) is 6.07 Å². The van der Waals surface area contributed by atoms with E-state index in [0.717, 1.165) is 31.2 Å². The van der Waals surface area contributed by atoms with Crippen LogP contribution in [0.1, 0.15) is 24.4 Å². The normalized spacial score (nSPS) is 21.7. The van der Waals surface area contributed by atoms with Crippen molar-refractivity contribution < 1.29 is 0 Å². The summed E-state index contributed by atoms with van der Waals surface area (Å²) in [6.07, 6.45) is 2.48. The third-order valence-corrected chi connectivity index (χ3v) is 3.34. The van der Waals surface area contributed by atoms with Crippen LogP contribution in [0.4, 0.5) is 0 Å². The van der Waals surface area contributed by atoms with Crippen molar-refractivity contribution in [3.05, 3.63) is 22.7 Å². The van der Waals surface area contributed by atoms with E-state index in [1.807, 2.05) is 14.0 Å². The first-order valence-electron chi connectivity index (χ1n) is 6.07. The summed E-state index contributed by atoms with van der Waals surface area (Å²) in [5.74, 6) is 0.826. The minimum Gasteiger partial charge on any atom is -0.316 e. The van der Waals surface area contributed by atoms with Gasteiger partial charge in [0.15, 0.2) is 0 Å². The molecule has 5 heteroatoms. The number of halogens is 1. The van der Waals surface area contributed by atoms with Crippen LogP contribution < -0.4 is 5.32 Å². The highest BCUT2D eigenvalue weighted by molar-refractivity contribution is 6.29. The summed E-state index contributed by atoms with van der Waals surface area (Å²) in [5.41, 5.74) is 0.933. The first-order valence-corrected chi connectivity index (χ1v) is 6.45. The molecule has 0 aliphatic carbocycles. The summed E-state index contributed by atoms with van der Waals surface area (Å²) < 4.78 is 0. The fraction of sp³-hybridized carbons (Fsp3) is 0.667. The number of hydrogen-bond acceptors (Lipinski definition) is 4. The summed E-state index contributed by atoms with van der Waals surface area (Å²) in [4.78, 5) is 11.1. The van der Waals surface area contributed by atoms with Gasteiger partial charge in [-0.25, -0.2) is 9.97 Å². The second-order valence-corrected chi connectivity index (χ2v) is 5.00. The zero-order valence-electron chi connectivity index (χ0n) is 10.4. The first-order chi connectivity index (χ1) is 8.17. The average Bonchev–Trinajstić information content (AvgIpc) is 2.28. The summed E-state index contributed by atoms with van der Waals surface area (Å²) in [6, 6.07) is 2.38. The van der Waals surface area contributed by atoms with Crippen LogP contribution in [0, 0.1) is 6.92 Å². The van der Waals surface area contributed by atoms with Crippen LogP contribution in [0.2, 0.25) is 5.15 Å². The van der Waals surface area contributed by atoms with Crippen molar-refractivity contribution in [1.82, 2.24) is 20.2 Å². The van der Waals surface area contributed by atoms with Crippen molar-refractivity contribution in [2.75, 3.05) is 20.1 Å². The molecule has 0 aromatic carbocycles. The molecule has 0 radical (unpaired) electrons. The van der Waals surface area contributed by atoms with Crippen LogP contribution in [0.3, 0.4) is 0 Å². The third-order valence-electron chi connectivity index (χ3n) is 3.15. The van der Waals surface area contributed by atoms with E-state index in [2.05, 4.69) is 20.2 Å². The molecule has 4 nitrogen and oxygen atoms in total. The molecule has 1 atom stereocenters. The Morgan fingerprint density at radius 1 is 1.53 bits per heavy atom. The van der Waals surface area contributed by atoms with Gasteiger partial charge in [0.25, 0.3) is 0 Å². The molecule has 1 aliphatic rings. The fourth-order valence-corrected chi connectivity index (χ4v) is 2.55. The molecular weight excluding hydrogens is 236 g/mol. The van der Waals surface area contributed by atoms with Crippen LogP contribution >= 0.6 is 11.6 Å². The average molecular weight is 255 g/mol. The van der Waals surface area contributed by atoms with Gasteiger partial charge >= 0.3 is 0 Å². The number of likely N-dealkylation sites (N-methyl/N-ethyl adjacent to an activating group) is 1. The molecule has 1 unspecified atom stereocenters. The number of likely N-dealkylation sites (tertiary alicyclic amines) is 1. The highest BCUT2D eigenvalue weighted by atomic mass is 35.5. The topological polar surface area (TPSA) is 41.0 Å². The Bertz CT molecular complexity index is 363. The van der Waals surface area contributed by atoms with Crippen LogP contribution in [0.5, 0.6) is 0 Å². The minimum absolute atomic E-state index is 0.537. The van der Waals surface area contributed by atoms with Crippen molar-refractivity contribution in [2.24, 2.45) is 0 Å². The Labute approximate surface area is 107 Å². The molecule has 0 saturated carbocycles. The maximum absolute atomic E-state index is 5.94. The standard InChI is InChI=1S/C12H19ClN4/c1-9-6-11(13)16-12(15-9)8-17-5-3-4-10(7-17)14-2/h6,10,14H,3-5,7-8H2,1-2H3. The van der Waals surface area contributed by atoms with Crippen molar-refractivity contribution in [3.63, 3.8) is 0 Å². The number of piperidine rings is 1. The molecule has 1 aliphatic heterocycles. The van der Waals surface area contributed by atoms with Crippen molar-refractivity contribution in [2.45, 2.75) is 32.4 Å². The maximum Gasteiger partial charge on any atom is 0.144 e. The number of rotatable bonds is 3. The number of nitrogens with zero attached hydrogens (tertiary/aromatic N) is 3. The predicted molar refractivity (Wildman–Crippen MR) is 69.1 cm³/mol. The van der Waals surface area contributed by atoms with E-state index >= 15 is 0 Å². The van der Waals surface area contributed by atoms with Gasteiger partial charge in [0.05, 0.1) is 6.54 Å². The smallest absolute Gasteiger partial charge is 0.144 e. The predicted octanol–water partition coefficient (Wildman–Crippen LogP) is 1.62. The summed E-state index contributed by atoms with van der Waals surface area (Å²) in [7, 11) is 2.02. The summed E-state index contributed by atoms with van der Waals surface area (Å²) in [6.45, 7) is 4.92. The van der Waals surface area contributed by atoms with Gasteiger partial charge < -0.3 is 5.32 Å². The number of aryl methyl sites for hydroxylation is 1. The van der Waals surface area contributed by atoms with Crippen molar-refractivity contribution in [3.8, 4) is 0 Å². The van der Waals surface area contributed by atoms with Gasteiger partial charge in [0.2, 0.25) is 0 Å². The Morgan fingerprint density at radius 3 is 3.06 bits per heavy atom. The summed E-state index contributed by atoms with van der Waals surface area (Å²) in [5, 5.41) is 3.87. The van der Waals surface area contributed by atoms with Gasteiger partial charge in [-0.3, -0.25) is 4.90 Å². The zero-order valence-corrected chi connectivity index (χ0v) is 11.2. The second kappa shape index (κ2) is 5.76. The van der Waals surface area contributed by atoms with E-state index in [9.17, 15) is 0 Å². The van der Waals surface area contributed by atoms with E-state index in [4.69, 9.17) is 11.6 Å². The highest BCUT2D eigenvalue weighted by Gasteiger charge is 2.19. The molecule has 94 valence electrons. The minimum atomic E-state index is 0.537. The Hall–Kier alpha value is -0.710. The molecule has 1 aromatic heterocycles. The van der Waals surface area contributed by atoms with Crippen LogP contribution in [-0.2, 0) is 6.54 Å². The number of aromatic nitrogens is 2. The lowest BCUT2D eigenvalue weighted by atomic mass is 10.1. The van der Waals surface area contributed by atoms with Gasteiger partial charge in [0, 0.05) is 18.3 Å². The van der Waals surface area contributed by atoms with E-state index in [0.29, 0.717) is 11.2 Å². The van der Waals surface area contributed by atoms with Gasteiger partial charge in [-0.15, -0.1) is 0 Å². The van der Waals surface area contributed by atoms with Crippen molar-refractivity contribution in [1.29, 1.82) is 0 Å². The lowest BCUT2D eigenvalue weighted by molar-refractivity contribution is 0.184. The Morgan fingerprint density at radius 2 is 2.35 bits per heavy atom. The molecule has 1 saturated heterocycles. The lowest BCUT2D eigenvalue weighted by Gasteiger charge is -2.31. The number of hydrogen-bond donors (Lipinski definition) is 1. The van der Waals surface area contributed by atoms with Gasteiger partial charge in [-0.2, -0.15) is 0 Å². The fourth-order valence-electron chi connectivity index (χ4n) is 2.29. The Balaban J connectivity index is 2.00. The molecule has 17 heavy (non-hydrogen) atoms. The zero-order chi connectivity index (χ0) is 12.3. The van der Waals surface area contributed by atoms with Gasteiger partial charge in [-0.05, 0) is 39.4 Å². The lowest BCUT2D eigenvalue weighted by Crippen LogP contribution is -2.44. The molecule has 0 spiro atoms. The molecule has 1 fully saturated rings. The van der Waals surface area contributed by atoms with Crippen LogP contribution in [0.25, 0.3) is 0 Å². The molecule has 0 bridgehead atoms. The van der Waals surface area contributed by atoms with E-state index in [-0.39, 0.29) is 0 Å². The Kier molecular flexibility index (Phi) is 4.31. The van der Waals surface area contributed by atoms with E-state index < -0.39 is 0 Å². The third kappa shape index (κ3) is 3.63. The summed E-state index contributed by atoms with van der Waals surface area (Å²) >= 11 is 5.94. The second-order valence-electron chi connectivity index (χ2n) is 4.61. The SMILES string of the molecule is CNC1CCCN(Cc2nc(C)cc(Cl)n2)C1. The molecule has 2 rings (SSSR count). The van der Waals surface area contributed by atoms with Crippen LogP contribution in [-0.4, -0.2) is 41.0 Å². The molecular formula is C12H19ClN4. The molecule has 2 heterocycles. The molecule has 0 amide bonds. The first kappa shape index (κ1) is 12.7.